The van der Waals surface area contributed by atoms with Crippen LogP contribution in [0.25, 0.3) is 0 Å². The molecule has 0 aromatic heterocycles. The lowest BCUT2D eigenvalue weighted by atomic mass is 9.88. The Morgan fingerprint density at radius 1 is 1.29 bits per heavy atom. The average Bonchev–Trinajstić information content (AvgIpc) is 2.77. The molecule has 0 aromatic carbocycles. The fourth-order valence-corrected chi connectivity index (χ4v) is 2.77. The van der Waals surface area contributed by atoms with Gasteiger partial charge in [0.2, 0.25) is 0 Å². The molecule has 2 fully saturated rings. The van der Waals surface area contributed by atoms with Crippen LogP contribution in [0.4, 0.5) is 0 Å². The van der Waals surface area contributed by atoms with E-state index in [9.17, 15) is 4.79 Å². The Labute approximate surface area is 102 Å². The van der Waals surface area contributed by atoms with Gasteiger partial charge in [-0.1, -0.05) is 19.8 Å². The number of hydrogen-bond donors (Lipinski definition) is 1. The van der Waals surface area contributed by atoms with Gasteiger partial charge in [0.05, 0.1) is 18.8 Å². The van der Waals surface area contributed by atoms with E-state index < -0.39 is 12.1 Å². The Morgan fingerprint density at radius 2 is 2.06 bits per heavy atom. The summed E-state index contributed by atoms with van der Waals surface area (Å²) in [6.07, 6.45) is 6.06. The molecule has 1 saturated carbocycles. The Bertz CT molecular complexity index is 266. The summed E-state index contributed by atoms with van der Waals surface area (Å²) in [6, 6.07) is 0. The van der Waals surface area contributed by atoms with Crippen molar-refractivity contribution < 1.29 is 19.4 Å². The van der Waals surface area contributed by atoms with Gasteiger partial charge in [-0.2, -0.15) is 0 Å². The van der Waals surface area contributed by atoms with Crippen LogP contribution in [0.5, 0.6) is 0 Å². The van der Waals surface area contributed by atoms with Crippen molar-refractivity contribution in [3.05, 3.63) is 0 Å². The maximum absolute atomic E-state index is 10.7. The molecule has 2 aliphatic rings. The van der Waals surface area contributed by atoms with E-state index in [-0.39, 0.29) is 6.10 Å². The second kappa shape index (κ2) is 5.83. The van der Waals surface area contributed by atoms with Gasteiger partial charge >= 0.3 is 5.97 Å². The Balaban J connectivity index is 1.70. The zero-order chi connectivity index (χ0) is 12.3. The second-order valence-corrected chi connectivity index (χ2v) is 5.30. The minimum Gasteiger partial charge on any atom is -0.479 e. The molecule has 1 aliphatic heterocycles. The number of aliphatic carboxylic acids is 1. The van der Waals surface area contributed by atoms with Crippen LogP contribution in [0.15, 0.2) is 0 Å². The molecule has 17 heavy (non-hydrogen) atoms. The highest BCUT2D eigenvalue weighted by Gasteiger charge is 2.31. The minimum absolute atomic E-state index is 0.0229. The first-order valence-electron chi connectivity index (χ1n) is 6.66. The maximum atomic E-state index is 10.7. The molecule has 0 amide bonds. The zero-order valence-electron chi connectivity index (χ0n) is 10.4. The fourth-order valence-electron chi connectivity index (χ4n) is 2.77. The van der Waals surface area contributed by atoms with Crippen molar-refractivity contribution in [3.63, 3.8) is 0 Å². The molecule has 4 heteroatoms. The van der Waals surface area contributed by atoms with Crippen molar-refractivity contribution in [2.24, 2.45) is 5.92 Å². The molecule has 0 radical (unpaired) electrons. The quantitative estimate of drug-likeness (QED) is 0.821. The summed E-state index contributed by atoms with van der Waals surface area (Å²) in [5.41, 5.74) is 0. The number of ether oxygens (including phenoxy) is 2. The van der Waals surface area contributed by atoms with Crippen LogP contribution in [0, 0.1) is 5.92 Å². The summed E-state index contributed by atoms with van der Waals surface area (Å²) < 4.78 is 11.3. The van der Waals surface area contributed by atoms with Gasteiger partial charge in [-0.3, -0.25) is 0 Å². The first-order chi connectivity index (χ1) is 8.16. The number of carboxylic acid groups (broad SMARTS) is 1. The van der Waals surface area contributed by atoms with Crippen molar-refractivity contribution in [1.29, 1.82) is 0 Å². The minimum atomic E-state index is -0.849. The number of carbonyl (C=O) groups is 1. The van der Waals surface area contributed by atoms with Gasteiger partial charge in [0, 0.05) is 0 Å². The van der Waals surface area contributed by atoms with Gasteiger partial charge in [0.15, 0.2) is 6.10 Å². The Hall–Kier alpha value is -0.610. The molecule has 2 rings (SSSR count). The molecule has 1 aliphatic carbocycles. The van der Waals surface area contributed by atoms with Gasteiger partial charge in [-0.05, 0) is 31.6 Å². The molecule has 4 unspecified atom stereocenters. The highest BCUT2D eigenvalue weighted by atomic mass is 16.6. The van der Waals surface area contributed by atoms with E-state index >= 15 is 0 Å². The zero-order valence-corrected chi connectivity index (χ0v) is 10.4. The lowest BCUT2D eigenvalue weighted by Crippen LogP contribution is -2.30. The second-order valence-electron chi connectivity index (χ2n) is 5.30. The SMILES string of the molecule is CC1CCCCC1OCC1CCC(C(=O)O)O1. The van der Waals surface area contributed by atoms with Crippen LogP contribution in [0.1, 0.15) is 45.4 Å². The lowest BCUT2D eigenvalue weighted by molar-refractivity contribution is -0.151. The molecule has 0 aromatic rings. The van der Waals surface area contributed by atoms with Crippen molar-refractivity contribution in [3.8, 4) is 0 Å². The maximum Gasteiger partial charge on any atom is 0.332 e. The number of rotatable bonds is 4. The van der Waals surface area contributed by atoms with Crippen molar-refractivity contribution in [1.82, 2.24) is 0 Å². The molecular weight excluding hydrogens is 220 g/mol. The van der Waals surface area contributed by atoms with Gasteiger partial charge in [-0.15, -0.1) is 0 Å². The van der Waals surface area contributed by atoms with E-state index in [0.717, 1.165) is 12.8 Å². The molecule has 4 nitrogen and oxygen atoms in total. The molecule has 4 atom stereocenters. The van der Waals surface area contributed by atoms with Gasteiger partial charge in [0.25, 0.3) is 0 Å². The highest BCUT2D eigenvalue weighted by molar-refractivity contribution is 5.72. The van der Waals surface area contributed by atoms with Crippen LogP contribution in [0.2, 0.25) is 0 Å². The largest absolute Gasteiger partial charge is 0.479 e. The third kappa shape index (κ3) is 3.42. The van der Waals surface area contributed by atoms with Crippen LogP contribution in [-0.2, 0) is 14.3 Å². The van der Waals surface area contributed by atoms with E-state index in [1.54, 1.807) is 0 Å². The topological polar surface area (TPSA) is 55.8 Å². The van der Waals surface area contributed by atoms with E-state index in [1.807, 2.05) is 0 Å². The molecule has 1 saturated heterocycles. The van der Waals surface area contributed by atoms with Gasteiger partial charge in [0.1, 0.15) is 0 Å². The van der Waals surface area contributed by atoms with E-state index in [0.29, 0.717) is 25.0 Å². The standard InChI is InChI=1S/C13H22O4/c1-9-4-2-3-5-11(9)16-8-10-6-7-12(17-10)13(14)15/h9-12H,2-8H2,1H3,(H,14,15). The Kier molecular flexibility index (Phi) is 4.40. The van der Waals surface area contributed by atoms with Crippen molar-refractivity contribution in [2.75, 3.05) is 6.61 Å². The highest BCUT2D eigenvalue weighted by Crippen LogP contribution is 2.27. The monoisotopic (exact) mass is 242 g/mol. The van der Waals surface area contributed by atoms with E-state index in [2.05, 4.69) is 6.92 Å². The summed E-state index contributed by atoms with van der Waals surface area (Å²) in [6.45, 7) is 2.79. The fraction of sp³-hybridized carbons (Fsp3) is 0.923. The normalized spacial score (nSPS) is 38.2. The smallest absolute Gasteiger partial charge is 0.332 e. The molecular formula is C13H22O4. The van der Waals surface area contributed by atoms with Crippen molar-refractivity contribution in [2.45, 2.75) is 63.8 Å². The Morgan fingerprint density at radius 3 is 2.71 bits per heavy atom. The van der Waals surface area contributed by atoms with Crippen LogP contribution < -0.4 is 0 Å². The lowest BCUT2D eigenvalue weighted by Gasteiger charge is -2.29. The third-order valence-electron chi connectivity index (χ3n) is 3.91. The molecule has 1 N–H and O–H groups in total. The predicted octanol–water partition coefficient (Wildman–Crippen LogP) is 2.21. The first-order valence-corrected chi connectivity index (χ1v) is 6.66. The number of hydrogen-bond acceptors (Lipinski definition) is 3. The van der Waals surface area contributed by atoms with E-state index in [1.165, 1.54) is 19.3 Å². The van der Waals surface area contributed by atoms with Gasteiger partial charge in [-0.25, -0.2) is 4.79 Å². The molecule has 0 bridgehead atoms. The summed E-state index contributed by atoms with van der Waals surface area (Å²) in [5, 5.41) is 8.82. The van der Waals surface area contributed by atoms with Gasteiger partial charge < -0.3 is 14.6 Å². The number of carboxylic acids is 1. The predicted molar refractivity (Wildman–Crippen MR) is 62.9 cm³/mol. The summed E-state index contributed by atoms with van der Waals surface area (Å²) >= 11 is 0. The summed E-state index contributed by atoms with van der Waals surface area (Å²) in [4.78, 5) is 10.7. The molecule has 1 heterocycles. The van der Waals surface area contributed by atoms with Crippen LogP contribution >= 0.6 is 0 Å². The van der Waals surface area contributed by atoms with Crippen LogP contribution in [-0.4, -0.2) is 36.0 Å². The molecule has 98 valence electrons. The summed E-state index contributed by atoms with van der Waals surface area (Å²) in [5.74, 6) is -0.223. The third-order valence-corrected chi connectivity index (χ3v) is 3.91. The van der Waals surface area contributed by atoms with Crippen LogP contribution in [0.3, 0.4) is 0 Å². The van der Waals surface area contributed by atoms with Crippen molar-refractivity contribution >= 4 is 5.97 Å². The average molecular weight is 242 g/mol. The first kappa shape index (κ1) is 12.8. The van der Waals surface area contributed by atoms with E-state index in [4.69, 9.17) is 14.6 Å². The molecule has 0 spiro atoms. The summed E-state index contributed by atoms with van der Waals surface area (Å²) in [7, 11) is 0.